The number of ether oxygens (including phenoxy) is 1. The second-order valence-corrected chi connectivity index (χ2v) is 13.4. The number of rotatable bonds is 10. The SMILES string of the molecule is COc1ccc(-c2cc(CN3CC(=O)N4C(CN(Cc5cccc6ncccc56)C(=O)[C@@H]4Cc4ccc(O)cc4)N3C(=O)NCc3ccccc3)on2)nc1. The van der Waals surface area contributed by atoms with Gasteiger partial charge in [0.2, 0.25) is 11.8 Å². The molecule has 5 heterocycles. The number of nitrogens with zero attached hydrogens (tertiary/aromatic N) is 7. The first-order valence-corrected chi connectivity index (χ1v) is 17.9. The van der Waals surface area contributed by atoms with Crippen LogP contribution in [0.1, 0.15) is 22.5 Å². The Kier molecular flexibility index (Phi) is 9.79. The molecule has 2 N–H and O–H groups in total. The van der Waals surface area contributed by atoms with Crippen LogP contribution in [0.4, 0.5) is 4.79 Å². The van der Waals surface area contributed by atoms with E-state index in [1.54, 1.807) is 76.8 Å². The number of benzene rings is 3. The molecule has 0 bridgehead atoms. The van der Waals surface area contributed by atoms with E-state index in [1.165, 1.54) is 5.01 Å². The topological polar surface area (TPSA) is 157 Å². The van der Waals surface area contributed by atoms with Crippen molar-refractivity contribution < 1.29 is 28.8 Å². The minimum atomic E-state index is -0.937. The van der Waals surface area contributed by atoms with E-state index < -0.39 is 18.2 Å². The Labute approximate surface area is 316 Å². The van der Waals surface area contributed by atoms with Gasteiger partial charge in [-0.25, -0.2) is 9.80 Å². The van der Waals surface area contributed by atoms with Crippen LogP contribution in [0.5, 0.6) is 11.5 Å². The van der Waals surface area contributed by atoms with Crippen LogP contribution in [0.2, 0.25) is 0 Å². The predicted molar refractivity (Wildman–Crippen MR) is 201 cm³/mol. The van der Waals surface area contributed by atoms with Crippen molar-refractivity contribution in [1.29, 1.82) is 0 Å². The predicted octanol–water partition coefficient (Wildman–Crippen LogP) is 4.75. The number of phenols is 1. The summed E-state index contributed by atoms with van der Waals surface area (Å²) in [6.45, 7) is 0.332. The number of nitrogens with one attached hydrogen (secondary N) is 1. The largest absolute Gasteiger partial charge is 0.508 e. The molecule has 14 nitrogen and oxygen atoms in total. The van der Waals surface area contributed by atoms with E-state index in [2.05, 4.69) is 20.4 Å². The van der Waals surface area contributed by atoms with E-state index in [-0.39, 0.29) is 56.7 Å². The van der Waals surface area contributed by atoms with Gasteiger partial charge in [0.05, 0.1) is 44.2 Å². The molecule has 4 amide bonds. The smallest absolute Gasteiger partial charge is 0.334 e. The second kappa shape index (κ2) is 15.3. The normalized spacial score (nSPS) is 17.4. The van der Waals surface area contributed by atoms with Gasteiger partial charge in [0.15, 0.2) is 5.76 Å². The van der Waals surface area contributed by atoms with Gasteiger partial charge in [0.1, 0.15) is 29.4 Å². The zero-order valence-electron chi connectivity index (χ0n) is 30.0. The van der Waals surface area contributed by atoms with Gasteiger partial charge in [-0.05, 0) is 53.1 Å². The molecule has 2 aliphatic rings. The first kappa shape index (κ1) is 35.2. The van der Waals surface area contributed by atoms with Gasteiger partial charge in [-0.3, -0.25) is 19.6 Å². The van der Waals surface area contributed by atoms with Gasteiger partial charge in [-0.1, -0.05) is 65.8 Å². The van der Waals surface area contributed by atoms with Crippen molar-refractivity contribution in [3.8, 4) is 22.9 Å². The zero-order valence-corrected chi connectivity index (χ0v) is 30.0. The number of methoxy groups -OCH3 is 1. The maximum Gasteiger partial charge on any atom is 0.334 e. The van der Waals surface area contributed by atoms with E-state index in [9.17, 15) is 19.5 Å². The summed E-state index contributed by atoms with van der Waals surface area (Å²) in [6, 6.07) is 29.6. The number of carbonyl (C=O) groups is 3. The van der Waals surface area contributed by atoms with Crippen LogP contribution in [0.3, 0.4) is 0 Å². The summed E-state index contributed by atoms with van der Waals surface area (Å²) in [5, 5.41) is 21.3. The number of hydrogen-bond acceptors (Lipinski definition) is 10. The van der Waals surface area contributed by atoms with Crippen molar-refractivity contribution in [2.24, 2.45) is 0 Å². The van der Waals surface area contributed by atoms with Crippen LogP contribution in [0, 0.1) is 0 Å². The van der Waals surface area contributed by atoms with Gasteiger partial charge in [-0.2, -0.15) is 5.01 Å². The molecule has 3 aromatic heterocycles. The van der Waals surface area contributed by atoms with Crippen LogP contribution < -0.4 is 10.1 Å². The number of fused-ring (bicyclic) bond motifs is 2. The van der Waals surface area contributed by atoms with Crippen LogP contribution in [-0.4, -0.2) is 90.3 Å². The molecule has 0 aliphatic carbocycles. The van der Waals surface area contributed by atoms with Crippen LogP contribution >= 0.6 is 0 Å². The minimum absolute atomic E-state index is 0.0313. The monoisotopic (exact) mass is 738 g/mol. The number of pyridine rings is 2. The number of aromatic hydroxyl groups is 1. The van der Waals surface area contributed by atoms with E-state index in [0.717, 1.165) is 27.6 Å². The molecule has 0 radical (unpaired) electrons. The summed E-state index contributed by atoms with van der Waals surface area (Å²) in [5.74, 6) is 0.527. The van der Waals surface area contributed by atoms with E-state index >= 15 is 0 Å². The number of phenolic OH excluding ortho intramolecular Hbond substituents is 1. The summed E-state index contributed by atoms with van der Waals surface area (Å²) < 4.78 is 11.0. The molecule has 2 aliphatic heterocycles. The lowest BCUT2D eigenvalue weighted by Gasteiger charge is -2.55. The van der Waals surface area contributed by atoms with Gasteiger partial charge in [0.25, 0.3) is 0 Å². The van der Waals surface area contributed by atoms with Gasteiger partial charge < -0.3 is 29.5 Å². The summed E-state index contributed by atoms with van der Waals surface area (Å²) in [6.07, 6.45) is 2.60. The van der Waals surface area contributed by atoms with Crippen molar-refractivity contribution in [3.63, 3.8) is 0 Å². The molecule has 2 saturated heterocycles. The highest BCUT2D eigenvalue weighted by atomic mass is 16.5. The van der Waals surface area contributed by atoms with Crippen molar-refractivity contribution in [3.05, 3.63) is 138 Å². The Morgan fingerprint density at radius 2 is 1.75 bits per heavy atom. The van der Waals surface area contributed by atoms with Gasteiger partial charge in [-0.15, -0.1) is 0 Å². The van der Waals surface area contributed by atoms with Crippen molar-refractivity contribution in [2.45, 2.75) is 38.3 Å². The van der Waals surface area contributed by atoms with Crippen molar-refractivity contribution >= 4 is 28.7 Å². The number of hydrazine groups is 1. The lowest BCUT2D eigenvalue weighted by atomic mass is 9.98. The van der Waals surface area contributed by atoms with Crippen molar-refractivity contribution in [2.75, 3.05) is 20.2 Å². The Morgan fingerprint density at radius 3 is 2.53 bits per heavy atom. The second-order valence-electron chi connectivity index (χ2n) is 13.4. The maximum atomic E-state index is 14.6. The summed E-state index contributed by atoms with van der Waals surface area (Å²) >= 11 is 0. The lowest BCUT2D eigenvalue weighted by Crippen LogP contribution is -2.76. The number of piperazine rings is 1. The van der Waals surface area contributed by atoms with Crippen molar-refractivity contribution in [1.82, 2.24) is 40.3 Å². The van der Waals surface area contributed by atoms with E-state index in [4.69, 9.17) is 9.26 Å². The molecule has 8 rings (SSSR count). The van der Waals surface area contributed by atoms with E-state index in [0.29, 0.717) is 22.9 Å². The highest BCUT2D eigenvalue weighted by Gasteiger charge is 2.51. The number of aromatic nitrogens is 3. The quantitative estimate of drug-likeness (QED) is 0.201. The first-order valence-electron chi connectivity index (χ1n) is 17.9. The molecule has 6 aromatic rings. The minimum Gasteiger partial charge on any atom is -0.508 e. The number of urea groups is 1. The third-order valence-electron chi connectivity index (χ3n) is 9.92. The summed E-state index contributed by atoms with van der Waals surface area (Å²) in [7, 11) is 1.56. The van der Waals surface area contributed by atoms with Gasteiger partial charge in [0, 0.05) is 37.2 Å². The molecule has 0 spiro atoms. The van der Waals surface area contributed by atoms with Gasteiger partial charge >= 0.3 is 6.03 Å². The van der Waals surface area contributed by atoms with E-state index in [1.807, 2.05) is 60.7 Å². The third kappa shape index (κ3) is 7.39. The highest BCUT2D eigenvalue weighted by molar-refractivity contribution is 5.92. The molecular weight excluding hydrogens is 701 g/mol. The molecule has 2 atom stereocenters. The molecule has 2 fully saturated rings. The lowest BCUT2D eigenvalue weighted by molar-refractivity contribution is -0.193. The summed E-state index contributed by atoms with van der Waals surface area (Å²) in [4.78, 5) is 55.5. The molecule has 14 heteroatoms. The number of amides is 4. The standard InChI is InChI=1S/C41H38N8O6/c1-54-31-16-17-35(43-22-31)36-20-32(55-45-36)24-47-26-39(51)48-37(19-27-12-14-30(50)15-13-27)40(52)46(23-29-9-5-11-34-33(29)10-6-18-42-34)25-38(48)49(47)41(53)44-21-28-7-3-2-4-8-28/h2-18,20,22,37-38,50H,19,21,23-26H2,1H3,(H,44,53)/t37-,38?/m0/s1. The highest BCUT2D eigenvalue weighted by Crippen LogP contribution is 2.32. The first-order chi connectivity index (χ1) is 26.8. The Balaban J connectivity index is 1.15. The molecular formula is C41H38N8O6. The number of hydrogen-bond donors (Lipinski definition) is 2. The third-order valence-corrected chi connectivity index (χ3v) is 9.92. The Morgan fingerprint density at radius 1 is 0.909 bits per heavy atom. The molecule has 278 valence electrons. The van der Waals surface area contributed by atoms with Crippen LogP contribution in [0.25, 0.3) is 22.3 Å². The average molecular weight is 739 g/mol. The molecule has 55 heavy (non-hydrogen) atoms. The molecule has 3 aromatic carbocycles. The molecule has 0 saturated carbocycles. The Hall–Kier alpha value is -6.80. The fourth-order valence-corrected chi connectivity index (χ4v) is 7.24. The zero-order chi connectivity index (χ0) is 37.9. The fraction of sp³-hybridized carbons (Fsp3) is 0.220. The number of carbonyl (C=O) groups excluding carboxylic acids is 3. The summed E-state index contributed by atoms with van der Waals surface area (Å²) in [5.41, 5.74) is 4.38. The fourth-order valence-electron chi connectivity index (χ4n) is 7.24. The average Bonchev–Trinajstić information content (AvgIpc) is 3.68. The molecule has 1 unspecified atom stereocenters. The maximum absolute atomic E-state index is 14.6. The Bertz CT molecular complexity index is 2310. The van der Waals surface area contributed by atoms with Crippen LogP contribution in [0.15, 0.2) is 120 Å². The van der Waals surface area contributed by atoms with Crippen LogP contribution in [-0.2, 0) is 35.6 Å².